The molecule has 3 aromatic carbocycles. The van der Waals surface area contributed by atoms with E-state index in [1.165, 1.54) is 11.0 Å². The van der Waals surface area contributed by atoms with Gasteiger partial charge in [0, 0.05) is 25.1 Å². The molecule has 228 valence electrons. The molecule has 5 rings (SSSR count). The largest absolute Gasteiger partial charge is 0.497 e. The molecule has 0 unspecified atom stereocenters. The van der Waals surface area contributed by atoms with Crippen LogP contribution < -0.4 is 23.8 Å². The summed E-state index contributed by atoms with van der Waals surface area (Å²) in [5.74, 6) is 0.715. The Morgan fingerprint density at radius 2 is 1.67 bits per heavy atom. The molecule has 1 aliphatic carbocycles. The normalized spacial score (nSPS) is 15.1. The van der Waals surface area contributed by atoms with Crippen molar-refractivity contribution in [3.8, 4) is 17.2 Å². The van der Waals surface area contributed by atoms with Crippen LogP contribution in [0.15, 0.2) is 72.8 Å². The fourth-order valence-corrected chi connectivity index (χ4v) is 6.38. The molecule has 1 heterocycles. The third-order valence-corrected chi connectivity index (χ3v) is 8.92. The van der Waals surface area contributed by atoms with E-state index in [0.29, 0.717) is 17.2 Å². The zero-order chi connectivity index (χ0) is 30.4. The van der Waals surface area contributed by atoms with Gasteiger partial charge in [0.1, 0.15) is 18.3 Å². The van der Waals surface area contributed by atoms with E-state index in [4.69, 9.17) is 14.2 Å². The molecular weight excluding hydrogens is 570 g/mol. The number of benzene rings is 3. The summed E-state index contributed by atoms with van der Waals surface area (Å²) in [7, 11) is -2.34. The maximum Gasteiger partial charge on any atom is 0.244 e. The number of hydrogen-bond acceptors (Lipinski definition) is 7. The topological polar surface area (TPSA) is 114 Å². The molecule has 1 atom stereocenters. The number of nitrogens with one attached hydrogen (secondary N) is 1. The van der Waals surface area contributed by atoms with Gasteiger partial charge >= 0.3 is 0 Å². The van der Waals surface area contributed by atoms with Crippen molar-refractivity contribution in [2.24, 2.45) is 0 Å². The molecular formula is C32H37N3O7S. The summed E-state index contributed by atoms with van der Waals surface area (Å²) < 4.78 is 43.3. The van der Waals surface area contributed by atoms with Crippen molar-refractivity contribution in [2.75, 3.05) is 31.0 Å². The van der Waals surface area contributed by atoms with E-state index in [-0.39, 0.29) is 37.4 Å². The molecule has 1 fully saturated rings. The molecule has 1 saturated carbocycles. The van der Waals surface area contributed by atoms with Gasteiger partial charge in [-0.15, -0.1) is 0 Å². The van der Waals surface area contributed by atoms with Crippen molar-refractivity contribution in [3.63, 3.8) is 0 Å². The van der Waals surface area contributed by atoms with Crippen molar-refractivity contribution in [3.05, 3.63) is 83.9 Å². The number of amides is 2. The van der Waals surface area contributed by atoms with Gasteiger partial charge in [-0.3, -0.25) is 13.9 Å². The predicted octanol–water partition coefficient (Wildman–Crippen LogP) is 3.89. The Labute approximate surface area is 252 Å². The van der Waals surface area contributed by atoms with Crippen LogP contribution in [0.1, 0.15) is 36.8 Å². The molecule has 2 amide bonds. The molecule has 3 aromatic rings. The second-order valence-corrected chi connectivity index (χ2v) is 12.8. The van der Waals surface area contributed by atoms with Crippen molar-refractivity contribution in [1.82, 2.24) is 10.2 Å². The van der Waals surface area contributed by atoms with Crippen LogP contribution in [0, 0.1) is 0 Å². The minimum atomic E-state index is -3.90. The van der Waals surface area contributed by atoms with E-state index in [9.17, 15) is 18.0 Å². The van der Waals surface area contributed by atoms with Crippen LogP contribution >= 0.6 is 0 Å². The van der Waals surface area contributed by atoms with Gasteiger partial charge in [0.2, 0.25) is 28.6 Å². The lowest BCUT2D eigenvalue weighted by Crippen LogP contribution is -2.54. The Balaban J connectivity index is 1.51. The average Bonchev–Trinajstić information content (AvgIpc) is 3.69. The number of carbonyl (C=O) groups excluding carboxylic acids is 2. The first-order chi connectivity index (χ1) is 20.7. The first-order valence-corrected chi connectivity index (χ1v) is 16.2. The molecule has 0 aromatic heterocycles. The first-order valence-electron chi connectivity index (χ1n) is 14.4. The fourth-order valence-electron chi connectivity index (χ4n) is 5.54. The van der Waals surface area contributed by atoms with E-state index in [1.54, 1.807) is 31.4 Å². The van der Waals surface area contributed by atoms with Crippen molar-refractivity contribution in [1.29, 1.82) is 0 Å². The number of fused-ring (bicyclic) bond motifs is 1. The van der Waals surface area contributed by atoms with Crippen LogP contribution in [-0.2, 0) is 32.6 Å². The highest BCUT2D eigenvalue weighted by atomic mass is 32.2. The molecule has 1 N–H and O–H groups in total. The van der Waals surface area contributed by atoms with Gasteiger partial charge in [-0.05, 0) is 48.2 Å². The fraction of sp³-hybridized carbons (Fsp3) is 0.375. The van der Waals surface area contributed by atoms with Gasteiger partial charge in [0.05, 0.1) is 19.1 Å². The third-order valence-electron chi connectivity index (χ3n) is 7.78. The number of hydrogen-bond donors (Lipinski definition) is 1. The Morgan fingerprint density at radius 3 is 2.40 bits per heavy atom. The molecule has 11 heteroatoms. The van der Waals surface area contributed by atoms with Crippen LogP contribution in [0.4, 0.5) is 5.69 Å². The maximum atomic E-state index is 14.3. The molecule has 2 aliphatic rings. The summed E-state index contributed by atoms with van der Waals surface area (Å²) >= 11 is 0. The zero-order valence-electron chi connectivity index (χ0n) is 24.4. The SMILES string of the molecule is COc1cccc(CN(C(=O)CN(c2ccc3c(c2)OCO3)S(C)(=O)=O)[C@H](Cc2ccccc2)C(=O)NC2CCCC2)c1. The van der Waals surface area contributed by atoms with E-state index in [1.807, 2.05) is 42.5 Å². The molecule has 0 bridgehead atoms. The van der Waals surface area contributed by atoms with Crippen molar-refractivity contribution in [2.45, 2.75) is 50.7 Å². The van der Waals surface area contributed by atoms with Gasteiger partial charge in [0.15, 0.2) is 11.5 Å². The molecule has 1 aliphatic heterocycles. The number of carbonyl (C=O) groups is 2. The van der Waals surface area contributed by atoms with Crippen molar-refractivity contribution >= 4 is 27.5 Å². The summed E-state index contributed by atoms with van der Waals surface area (Å²) in [6, 6.07) is 20.7. The molecule has 0 saturated heterocycles. The highest BCUT2D eigenvalue weighted by Crippen LogP contribution is 2.36. The lowest BCUT2D eigenvalue weighted by Gasteiger charge is -2.34. The monoisotopic (exact) mass is 607 g/mol. The Morgan fingerprint density at radius 1 is 0.953 bits per heavy atom. The van der Waals surface area contributed by atoms with Gasteiger partial charge in [-0.25, -0.2) is 8.42 Å². The van der Waals surface area contributed by atoms with E-state index in [0.717, 1.165) is 47.4 Å². The first kappa shape index (κ1) is 30.2. The second kappa shape index (κ2) is 13.4. The van der Waals surface area contributed by atoms with Crippen LogP contribution in [0.3, 0.4) is 0 Å². The van der Waals surface area contributed by atoms with Crippen LogP contribution in [-0.4, -0.2) is 63.9 Å². The van der Waals surface area contributed by atoms with Gasteiger partial charge in [-0.1, -0.05) is 55.3 Å². The standard InChI is InChI=1S/C32H37N3O7S/c1-40-27-14-8-11-24(17-27)20-34(28(18-23-9-4-3-5-10-23)32(37)33-25-12-6-7-13-25)31(36)21-35(43(2,38)39)26-15-16-29-30(19-26)42-22-41-29/h3-5,8-11,14-17,19,25,28H,6-7,12-13,18,20-22H2,1-2H3,(H,33,37)/t28-/m1/s1. The second-order valence-electron chi connectivity index (χ2n) is 10.9. The highest BCUT2D eigenvalue weighted by molar-refractivity contribution is 7.92. The van der Waals surface area contributed by atoms with Crippen LogP contribution in [0.25, 0.3) is 0 Å². The summed E-state index contributed by atoms with van der Waals surface area (Å²) in [4.78, 5) is 29.7. The van der Waals surface area contributed by atoms with Crippen LogP contribution in [0.5, 0.6) is 17.2 Å². The van der Waals surface area contributed by atoms with Gasteiger partial charge < -0.3 is 24.4 Å². The number of methoxy groups -OCH3 is 1. The Kier molecular flexibility index (Phi) is 9.40. The zero-order valence-corrected chi connectivity index (χ0v) is 25.2. The molecule has 43 heavy (non-hydrogen) atoms. The quantitative estimate of drug-likeness (QED) is 0.332. The van der Waals surface area contributed by atoms with Crippen LogP contribution in [0.2, 0.25) is 0 Å². The Bertz CT molecular complexity index is 1540. The third kappa shape index (κ3) is 7.59. The van der Waals surface area contributed by atoms with E-state index in [2.05, 4.69) is 5.32 Å². The number of nitrogens with zero attached hydrogens (tertiary/aromatic N) is 2. The number of ether oxygens (including phenoxy) is 3. The highest BCUT2D eigenvalue weighted by Gasteiger charge is 2.34. The predicted molar refractivity (Wildman–Crippen MR) is 163 cm³/mol. The molecule has 0 radical (unpaired) electrons. The summed E-state index contributed by atoms with van der Waals surface area (Å²) in [6.45, 7) is -0.406. The lowest BCUT2D eigenvalue weighted by molar-refractivity contribution is -0.140. The lowest BCUT2D eigenvalue weighted by atomic mass is 10.0. The number of sulfonamides is 1. The molecule has 0 spiro atoms. The summed E-state index contributed by atoms with van der Waals surface area (Å²) in [5.41, 5.74) is 1.89. The van der Waals surface area contributed by atoms with Gasteiger partial charge in [-0.2, -0.15) is 0 Å². The summed E-state index contributed by atoms with van der Waals surface area (Å²) in [5, 5.41) is 3.17. The maximum absolute atomic E-state index is 14.3. The average molecular weight is 608 g/mol. The smallest absolute Gasteiger partial charge is 0.244 e. The van der Waals surface area contributed by atoms with Crippen molar-refractivity contribution < 1.29 is 32.2 Å². The Hall–Kier alpha value is -4.25. The van der Waals surface area contributed by atoms with Gasteiger partial charge in [0.25, 0.3) is 0 Å². The minimum Gasteiger partial charge on any atom is -0.497 e. The van der Waals surface area contributed by atoms with E-state index < -0.39 is 28.5 Å². The molecule has 10 nitrogen and oxygen atoms in total. The number of rotatable bonds is 12. The minimum absolute atomic E-state index is 0.0299. The summed E-state index contributed by atoms with van der Waals surface area (Å²) in [6.07, 6.45) is 5.17. The van der Waals surface area contributed by atoms with E-state index >= 15 is 0 Å². The number of anilines is 1.